The number of nitrogens with one attached hydrogen (secondary N) is 2. The summed E-state index contributed by atoms with van der Waals surface area (Å²) in [6.07, 6.45) is 4.86. The Hall–Kier alpha value is -3.07. The molecule has 0 aliphatic rings. The number of fused-ring (bicyclic) bond motifs is 1. The quantitative estimate of drug-likeness (QED) is 0.581. The molecule has 1 aromatic carbocycles. The van der Waals surface area contributed by atoms with Gasteiger partial charge in [0, 0.05) is 36.6 Å². The molecular formula is C19H18BrN5O3. The van der Waals surface area contributed by atoms with Gasteiger partial charge in [0.2, 0.25) is 11.8 Å². The van der Waals surface area contributed by atoms with Gasteiger partial charge in [0.1, 0.15) is 0 Å². The van der Waals surface area contributed by atoms with Crippen molar-refractivity contribution in [2.45, 2.75) is 19.4 Å². The van der Waals surface area contributed by atoms with Gasteiger partial charge < -0.3 is 10.6 Å². The summed E-state index contributed by atoms with van der Waals surface area (Å²) < 4.78 is 2.20. The zero-order valence-electron chi connectivity index (χ0n) is 14.9. The fraction of sp³-hybridized carbons (Fsp3) is 0.211. The summed E-state index contributed by atoms with van der Waals surface area (Å²) in [5.41, 5.74) is 1.01. The SMILES string of the molecule is O=C(CCn1cnc2ccc(Br)cc2c1=O)NCCC(=O)Nc1cccnc1. The highest BCUT2D eigenvalue weighted by Crippen LogP contribution is 2.14. The molecule has 144 valence electrons. The molecule has 0 aliphatic carbocycles. The van der Waals surface area contributed by atoms with Crippen molar-refractivity contribution in [1.82, 2.24) is 19.9 Å². The number of hydrogen-bond donors (Lipinski definition) is 2. The van der Waals surface area contributed by atoms with Crippen LogP contribution in [0.2, 0.25) is 0 Å². The smallest absolute Gasteiger partial charge is 0.261 e. The second-order valence-corrected chi connectivity index (χ2v) is 6.96. The maximum absolute atomic E-state index is 12.5. The third-order valence-corrected chi connectivity index (χ3v) is 4.48. The number of rotatable bonds is 7. The topological polar surface area (TPSA) is 106 Å². The van der Waals surface area contributed by atoms with E-state index >= 15 is 0 Å². The van der Waals surface area contributed by atoms with E-state index < -0.39 is 0 Å². The molecule has 2 N–H and O–H groups in total. The van der Waals surface area contributed by atoms with Gasteiger partial charge in [0.05, 0.1) is 29.1 Å². The number of carbonyl (C=O) groups excluding carboxylic acids is 2. The number of nitrogens with zero attached hydrogens (tertiary/aromatic N) is 3. The normalized spacial score (nSPS) is 10.6. The van der Waals surface area contributed by atoms with Gasteiger partial charge in [-0.1, -0.05) is 15.9 Å². The Balaban J connectivity index is 1.47. The molecule has 8 nitrogen and oxygen atoms in total. The molecule has 0 atom stereocenters. The Morgan fingerprint density at radius 2 is 2.00 bits per heavy atom. The predicted molar refractivity (Wildman–Crippen MR) is 109 cm³/mol. The monoisotopic (exact) mass is 443 g/mol. The molecule has 0 aliphatic heterocycles. The van der Waals surface area contributed by atoms with E-state index in [0.29, 0.717) is 16.6 Å². The van der Waals surface area contributed by atoms with Crippen LogP contribution in [0.3, 0.4) is 0 Å². The van der Waals surface area contributed by atoms with Crippen molar-refractivity contribution in [3.63, 3.8) is 0 Å². The summed E-state index contributed by atoms with van der Waals surface area (Å²) in [5.74, 6) is -0.454. The van der Waals surface area contributed by atoms with Crippen LogP contribution in [0.25, 0.3) is 10.9 Å². The number of carbonyl (C=O) groups is 2. The molecule has 28 heavy (non-hydrogen) atoms. The zero-order valence-corrected chi connectivity index (χ0v) is 16.5. The molecule has 9 heteroatoms. The van der Waals surface area contributed by atoms with Crippen LogP contribution < -0.4 is 16.2 Å². The first-order valence-electron chi connectivity index (χ1n) is 8.64. The maximum atomic E-state index is 12.5. The van der Waals surface area contributed by atoms with Gasteiger partial charge in [-0.3, -0.25) is 23.9 Å². The minimum Gasteiger partial charge on any atom is -0.356 e. The van der Waals surface area contributed by atoms with Gasteiger partial charge in [-0.15, -0.1) is 0 Å². The summed E-state index contributed by atoms with van der Waals surface area (Å²) in [7, 11) is 0. The summed E-state index contributed by atoms with van der Waals surface area (Å²) in [4.78, 5) is 44.4. The van der Waals surface area contributed by atoms with Crippen molar-refractivity contribution in [2.24, 2.45) is 0 Å². The van der Waals surface area contributed by atoms with Crippen LogP contribution in [0.1, 0.15) is 12.8 Å². The Kier molecular flexibility index (Phi) is 6.49. The van der Waals surface area contributed by atoms with Crippen LogP contribution in [-0.4, -0.2) is 32.9 Å². The van der Waals surface area contributed by atoms with Crippen molar-refractivity contribution in [1.29, 1.82) is 0 Å². The molecule has 3 rings (SSSR count). The lowest BCUT2D eigenvalue weighted by Gasteiger charge is -2.08. The summed E-state index contributed by atoms with van der Waals surface area (Å²) in [6, 6.07) is 8.74. The molecule has 2 aromatic heterocycles. The number of pyridine rings is 1. The van der Waals surface area contributed by atoms with E-state index in [1.54, 1.807) is 36.7 Å². The first kappa shape index (κ1) is 19.7. The first-order valence-corrected chi connectivity index (χ1v) is 9.43. The van der Waals surface area contributed by atoms with E-state index in [9.17, 15) is 14.4 Å². The van der Waals surface area contributed by atoms with E-state index in [2.05, 4.69) is 36.5 Å². The molecule has 0 saturated carbocycles. The van der Waals surface area contributed by atoms with Crippen molar-refractivity contribution < 1.29 is 9.59 Å². The second-order valence-electron chi connectivity index (χ2n) is 6.04. The van der Waals surface area contributed by atoms with Crippen molar-refractivity contribution >= 4 is 44.3 Å². The molecule has 2 heterocycles. The number of amides is 2. The largest absolute Gasteiger partial charge is 0.356 e. The Bertz CT molecular complexity index is 1050. The minimum atomic E-state index is -0.240. The average molecular weight is 444 g/mol. The Labute approximate surface area is 169 Å². The van der Waals surface area contributed by atoms with E-state index in [-0.39, 0.29) is 43.3 Å². The predicted octanol–water partition coefficient (Wildman–Crippen LogP) is 2.09. The summed E-state index contributed by atoms with van der Waals surface area (Å²) in [5, 5.41) is 5.86. The van der Waals surface area contributed by atoms with Crippen LogP contribution >= 0.6 is 15.9 Å². The van der Waals surface area contributed by atoms with Gasteiger partial charge in [-0.2, -0.15) is 0 Å². The van der Waals surface area contributed by atoms with Crippen LogP contribution in [-0.2, 0) is 16.1 Å². The van der Waals surface area contributed by atoms with Crippen LogP contribution in [0.5, 0.6) is 0 Å². The van der Waals surface area contributed by atoms with E-state index in [0.717, 1.165) is 4.47 Å². The lowest BCUT2D eigenvalue weighted by Crippen LogP contribution is -2.30. The Morgan fingerprint density at radius 3 is 2.79 bits per heavy atom. The lowest BCUT2D eigenvalue weighted by molar-refractivity contribution is -0.121. The van der Waals surface area contributed by atoms with E-state index in [1.165, 1.54) is 10.9 Å². The van der Waals surface area contributed by atoms with E-state index in [4.69, 9.17) is 0 Å². The van der Waals surface area contributed by atoms with Crippen molar-refractivity contribution in [3.05, 3.63) is 63.9 Å². The molecule has 0 spiro atoms. The molecule has 0 unspecified atom stereocenters. The van der Waals surface area contributed by atoms with Gasteiger partial charge in [0.15, 0.2) is 0 Å². The number of aryl methyl sites for hydroxylation is 1. The standard InChI is InChI=1S/C19H18BrN5O3/c20-13-3-4-16-15(10-13)19(28)25(12-23-16)9-6-17(26)22-8-5-18(27)24-14-2-1-7-21-11-14/h1-4,7,10-12H,5-6,8-9H2,(H,22,26)(H,24,27). The van der Waals surface area contributed by atoms with Crippen LogP contribution in [0.15, 0.2) is 58.3 Å². The van der Waals surface area contributed by atoms with Gasteiger partial charge >= 0.3 is 0 Å². The number of hydrogen-bond acceptors (Lipinski definition) is 5. The Morgan fingerprint density at radius 1 is 1.14 bits per heavy atom. The highest BCUT2D eigenvalue weighted by molar-refractivity contribution is 9.10. The fourth-order valence-electron chi connectivity index (χ4n) is 2.58. The number of anilines is 1. The second kappa shape index (κ2) is 9.23. The molecule has 3 aromatic rings. The highest BCUT2D eigenvalue weighted by atomic mass is 79.9. The van der Waals surface area contributed by atoms with E-state index in [1.807, 2.05) is 6.07 Å². The van der Waals surface area contributed by atoms with Crippen molar-refractivity contribution in [3.8, 4) is 0 Å². The van der Waals surface area contributed by atoms with Gasteiger partial charge in [0.25, 0.3) is 5.56 Å². The van der Waals surface area contributed by atoms with Gasteiger partial charge in [-0.25, -0.2) is 4.98 Å². The highest BCUT2D eigenvalue weighted by Gasteiger charge is 2.08. The molecular weight excluding hydrogens is 426 g/mol. The number of benzene rings is 1. The van der Waals surface area contributed by atoms with Crippen LogP contribution in [0.4, 0.5) is 5.69 Å². The molecule has 0 radical (unpaired) electrons. The lowest BCUT2D eigenvalue weighted by atomic mass is 10.2. The molecule has 0 fully saturated rings. The first-order chi connectivity index (χ1) is 13.5. The number of aromatic nitrogens is 3. The third kappa shape index (κ3) is 5.23. The zero-order chi connectivity index (χ0) is 19.9. The van der Waals surface area contributed by atoms with Gasteiger partial charge in [-0.05, 0) is 30.3 Å². The fourth-order valence-corrected chi connectivity index (χ4v) is 2.94. The summed E-state index contributed by atoms with van der Waals surface area (Å²) >= 11 is 3.34. The number of halogens is 1. The van der Waals surface area contributed by atoms with Crippen molar-refractivity contribution in [2.75, 3.05) is 11.9 Å². The minimum absolute atomic E-state index is 0.116. The third-order valence-electron chi connectivity index (χ3n) is 3.99. The molecule has 2 amide bonds. The van der Waals surface area contributed by atoms with Crippen LogP contribution in [0, 0.1) is 0 Å². The average Bonchev–Trinajstić information content (AvgIpc) is 2.68. The molecule has 0 saturated heterocycles. The maximum Gasteiger partial charge on any atom is 0.261 e. The summed E-state index contributed by atoms with van der Waals surface area (Å²) in [6.45, 7) is 0.421. The molecule has 0 bridgehead atoms.